The molecule has 2 aromatic carbocycles. The molecule has 0 aromatic heterocycles. The average Bonchev–Trinajstić information content (AvgIpc) is 2.78. The lowest BCUT2D eigenvalue weighted by Gasteiger charge is -2.26. The number of piperidine rings is 1. The van der Waals surface area contributed by atoms with Crippen LogP contribution in [0.4, 0.5) is 4.39 Å². The molecule has 1 fully saturated rings. The van der Waals surface area contributed by atoms with Crippen LogP contribution < -0.4 is 10.6 Å². The van der Waals surface area contributed by atoms with Gasteiger partial charge in [0.2, 0.25) is 0 Å². The molecule has 2 N–H and O–H groups in total. The molecular formula is C24H32FIN4O. The molecule has 1 aliphatic heterocycles. The molecule has 0 bridgehead atoms. The van der Waals surface area contributed by atoms with Crippen LogP contribution in [-0.2, 0) is 13.0 Å². The number of guanidine groups is 1. The van der Waals surface area contributed by atoms with Crippen LogP contribution in [0.1, 0.15) is 47.7 Å². The van der Waals surface area contributed by atoms with Gasteiger partial charge < -0.3 is 15.5 Å². The number of benzene rings is 2. The van der Waals surface area contributed by atoms with Crippen LogP contribution in [0, 0.1) is 5.82 Å². The normalized spacial score (nSPS) is 14.0. The standard InChI is InChI=1S/C24H31FN4O.HI/c1-2-26-24(27-14-13-19-7-6-8-22(25)17-19)28-18-20-9-11-21(12-10-20)23(30)29-15-4-3-5-16-29;/h6-12,17H,2-5,13-16,18H2,1H3,(H2,26,27,28);1H. The van der Waals surface area contributed by atoms with Crippen LogP contribution >= 0.6 is 24.0 Å². The molecule has 1 amide bonds. The third-order valence-electron chi connectivity index (χ3n) is 5.20. The van der Waals surface area contributed by atoms with Gasteiger partial charge in [0.15, 0.2) is 5.96 Å². The monoisotopic (exact) mass is 538 g/mol. The molecule has 3 rings (SSSR count). The minimum Gasteiger partial charge on any atom is -0.357 e. The van der Waals surface area contributed by atoms with E-state index >= 15 is 0 Å². The second-order valence-electron chi connectivity index (χ2n) is 7.55. The van der Waals surface area contributed by atoms with E-state index in [9.17, 15) is 9.18 Å². The van der Waals surface area contributed by atoms with Gasteiger partial charge in [0, 0.05) is 31.7 Å². The van der Waals surface area contributed by atoms with E-state index in [0.717, 1.165) is 61.5 Å². The summed E-state index contributed by atoms with van der Waals surface area (Å²) in [6.07, 6.45) is 4.12. The Labute approximate surface area is 201 Å². The Morgan fingerprint density at radius 1 is 1.03 bits per heavy atom. The first kappa shape index (κ1) is 25.1. The number of hydrogen-bond donors (Lipinski definition) is 2. The van der Waals surface area contributed by atoms with Gasteiger partial charge in [-0.05, 0) is 68.0 Å². The summed E-state index contributed by atoms with van der Waals surface area (Å²) in [7, 11) is 0. The minimum atomic E-state index is -0.213. The van der Waals surface area contributed by atoms with Crippen LogP contribution in [0.5, 0.6) is 0 Å². The average molecular weight is 538 g/mol. The van der Waals surface area contributed by atoms with Crippen molar-refractivity contribution in [3.63, 3.8) is 0 Å². The van der Waals surface area contributed by atoms with Crippen molar-refractivity contribution >= 4 is 35.8 Å². The fourth-order valence-electron chi connectivity index (χ4n) is 3.56. The molecule has 1 saturated heterocycles. The predicted molar refractivity (Wildman–Crippen MR) is 135 cm³/mol. The van der Waals surface area contributed by atoms with E-state index < -0.39 is 0 Å². The topological polar surface area (TPSA) is 56.7 Å². The maximum absolute atomic E-state index is 13.3. The van der Waals surface area contributed by atoms with Crippen molar-refractivity contribution in [3.8, 4) is 0 Å². The maximum Gasteiger partial charge on any atom is 0.253 e. The van der Waals surface area contributed by atoms with Crippen molar-refractivity contribution < 1.29 is 9.18 Å². The van der Waals surface area contributed by atoms with Gasteiger partial charge in [0.05, 0.1) is 6.54 Å². The van der Waals surface area contributed by atoms with Crippen molar-refractivity contribution in [2.75, 3.05) is 26.2 Å². The molecule has 0 atom stereocenters. The largest absolute Gasteiger partial charge is 0.357 e. The number of likely N-dealkylation sites (tertiary alicyclic amines) is 1. The predicted octanol–water partition coefficient (Wildman–Crippen LogP) is 4.37. The summed E-state index contributed by atoms with van der Waals surface area (Å²) >= 11 is 0. The molecule has 5 nitrogen and oxygen atoms in total. The van der Waals surface area contributed by atoms with Crippen molar-refractivity contribution in [3.05, 3.63) is 71.0 Å². The van der Waals surface area contributed by atoms with Crippen LogP contribution in [-0.4, -0.2) is 42.9 Å². The van der Waals surface area contributed by atoms with Gasteiger partial charge in [-0.1, -0.05) is 24.3 Å². The number of carbonyl (C=O) groups excluding carboxylic acids is 1. The van der Waals surface area contributed by atoms with Crippen LogP contribution in [0.15, 0.2) is 53.5 Å². The number of nitrogens with zero attached hydrogens (tertiary/aromatic N) is 2. The van der Waals surface area contributed by atoms with Crippen LogP contribution in [0.3, 0.4) is 0 Å². The highest BCUT2D eigenvalue weighted by Gasteiger charge is 2.17. The third-order valence-corrected chi connectivity index (χ3v) is 5.20. The Bertz CT molecular complexity index is 851. The first-order chi connectivity index (χ1) is 14.7. The van der Waals surface area contributed by atoms with E-state index in [2.05, 4.69) is 15.6 Å². The summed E-state index contributed by atoms with van der Waals surface area (Å²) in [5.41, 5.74) is 2.74. The molecule has 2 aromatic rings. The number of halogens is 2. The molecule has 1 heterocycles. The summed E-state index contributed by atoms with van der Waals surface area (Å²) in [5, 5.41) is 6.51. The second-order valence-corrected chi connectivity index (χ2v) is 7.55. The summed E-state index contributed by atoms with van der Waals surface area (Å²) in [6, 6.07) is 14.4. The Kier molecular flexibility index (Phi) is 10.8. The summed E-state index contributed by atoms with van der Waals surface area (Å²) < 4.78 is 13.3. The van der Waals surface area contributed by atoms with Crippen molar-refractivity contribution in [1.29, 1.82) is 0 Å². The number of amides is 1. The zero-order valence-electron chi connectivity index (χ0n) is 18.1. The fraction of sp³-hybridized carbons (Fsp3) is 0.417. The number of carbonyl (C=O) groups is 1. The molecular weight excluding hydrogens is 506 g/mol. The molecule has 31 heavy (non-hydrogen) atoms. The lowest BCUT2D eigenvalue weighted by Crippen LogP contribution is -2.38. The summed E-state index contributed by atoms with van der Waals surface area (Å²) in [5.74, 6) is 0.634. The van der Waals surface area contributed by atoms with E-state index in [1.165, 1.54) is 12.5 Å². The van der Waals surface area contributed by atoms with E-state index in [-0.39, 0.29) is 35.7 Å². The SMILES string of the molecule is CCNC(=NCc1ccc(C(=O)N2CCCCC2)cc1)NCCc1cccc(F)c1.I. The summed E-state index contributed by atoms with van der Waals surface area (Å²) in [6.45, 7) is 5.68. The second kappa shape index (κ2) is 13.3. The van der Waals surface area contributed by atoms with Gasteiger partial charge >= 0.3 is 0 Å². The highest BCUT2D eigenvalue weighted by Crippen LogP contribution is 2.14. The molecule has 1 aliphatic rings. The van der Waals surface area contributed by atoms with E-state index in [0.29, 0.717) is 13.1 Å². The molecule has 0 saturated carbocycles. The quantitative estimate of drug-likeness (QED) is 0.313. The first-order valence-corrected chi connectivity index (χ1v) is 10.8. The Hall–Kier alpha value is -2.16. The van der Waals surface area contributed by atoms with Crippen LogP contribution in [0.2, 0.25) is 0 Å². The fourth-order valence-corrected chi connectivity index (χ4v) is 3.56. The molecule has 0 spiro atoms. The number of aliphatic imine (C=N–C) groups is 1. The minimum absolute atomic E-state index is 0. The molecule has 0 unspecified atom stereocenters. The van der Waals surface area contributed by atoms with Gasteiger partial charge in [-0.25, -0.2) is 9.38 Å². The zero-order valence-corrected chi connectivity index (χ0v) is 20.4. The summed E-state index contributed by atoms with van der Waals surface area (Å²) in [4.78, 5) is 19.1. The lowest BCUT2D eigenvalue weighted by molar-refractivity contribution is 0.0724. The van der Waals surface area contributed by atoms with E-state index in [1.807, 2.05) is 42.2 Å². The van der Waals surface area contributed by atoms with Crippen molar-refractivity contribution in [1.82, 2.24) is 15.5 Å². The Morgan fingerprint density at radius 3 is 2.45 bits per heavy atom. The maximum atomic E-state index is 13.3. The van der Waals surface area contributed by atoms with Gasteiger partial charge in [0.1, 0.15) is 5.82 Å². The third kappa shape index (κ3) is 8.12. The molecule has 168 valence electrons. The molecule has 7 heteroatoms. The first-order valence-electron chi connectivity index (χ1n) is 10.8. The van der Waals surface area contributed by atoms with Gasteiger partial charge in [0.25, 0.3) is 5.91 Å². The van der Waals surface area contributed by atoms with Crippen molar-refractivity contribution in [2.24, 2.45) is 4.99 Å². The smallest absolute Gasteiger partial charge is 0.253 e. The van der Waals surface area contributed by atoms with Gasteiger partial charge in [-0.15, -0.1) is 24.0 Å². The van der Waals surface area contributed by atoms with Gasteiger partial charge in [-0.3, -0.25) is 4.79 Å². The van der Waals surface area contributed by atoms with Crippen LogP contribution in [0.25, 0.3) is 0 Å². The Balaban J connectivity index is 0.00000341. The van der Waals surface area contributed by atoms with E-state index in [4.69, 9.17) is 0 Å². The highest BCUT2D eigenvalue weighted by molar-refractivity contribution is 14.0. The number of hydrogen-bond acceptors (Lipinski definition) is 2. The lowest BCUT2D eigenvalue weighted by atomic mass is 10.1. The van der Waals surface area contributed by atoms with Crippen molar-refractivity contribution in [2.45, 2.75) is 39.2 Å². The molecule has 0 radical (unpaired) electrons. The number of rotatable bonds is 7. The van der Waals surface area contributed by atoms with Gasteiger partial charge in [-0.2, -0.15) is 0 Å². The zero-order chi connectivity index (χ0) is 21.2. The molecule has 0 aliphatic carbocycles. The highest BCUT2D eigenvalue weighted by atomic mass is 127. The Morgan fingerprint density at radius 2 is 1.77 bits per heavy atom. The van der Waals surface area contributed by atoms with E-state index in [1.54, 1.807) is 12.1 Å². The number of nitrogens with one attached hydrogen (secondary N) is 2.